The molecule has 1 aromatic heterocycles. The van der Waals surface area contributed by atoms with Gasteiger partial charge in [-0.2, -0.15) is 0 Å². The number of carboxylic acid groups (broad SMARTS) is 1. The van der Waals surface area contributed by atoms with Gasteiger partial charge in [-0.1, -0.05) is 0 Å². The van der Waals surface area contributed by atoms with Crippen molar-refractivity contribution in [1.82, 2.24) is 4.90 Å². The molecule has 2 amide bonds. The van der Waals surface area contributed by atoms with Crippen LogP contribution in [0.1, 0.15) is 35.6 Å². The Morgan fingerprint density at radius 2 is 1.89 bits per heavy atom. The number of fused-ring (bicyclic) bond motifs is 2. The first kappa shape index (κ1) is 12.0. The summed E-state index contributed by atoms with van der Waals surface area (Å²) in [6.45, 7) is 0.0257. The van der Waals surface area contributed by atoms with Crippen LogP contribution in [-0.4, -0.2) is 27.8 Å². The molecule has 1 aromatic rings. The predicted molar refractivity (Wildman–Crippen MR) is 62.1 cm³/mol. The van der Waals surface area contributed by atoms with Gasteiger partial charge in [-0.05, 0) is 31.4 Å². The van der Waals surface area contributed by atoms with Gasteiger partial charge in [-0.25, -0.2) is 4.79 Å². The molecule has 0 spiro atoms. The Balaban J connectivity index is 1.80. The summed E-state index contributed by atoms with van der Waals surface area (Å²) in [7, 11) is 0. The van der Waals surface area contributed by atoms with E-state index in [2.05, 4.69) is 0 Å². The highest BCUT2D eigenvalue weighted by atomic mass is 16.4. The van der Waals surface area contributed by atoms with Gasteiger partial charge in [-0.3, -0.25) is 14.5 Å². The van der Waals surface area contributed by atoms with E-state index in [1.165, 1.54) is 17.0 Å². The van der Waals surface area contributed by atoms with Gasteiger partial charge in [-0.15, -0.1) is 0 Å². The third-order valence-electron chi connectivity index (χ3n) is 3.85. The molecule has 1 saturated heterocycles. The molecule has 6 nitrogen and oxygen atoms in total. The molecular weight excluding hydrogens is 250 g/mol. The maximum atomic E-state index is 12.1. The molecule has 2 bridgehead atoms. The van der Waals surface area contributed by atoms with Crippen LogP contribution in [0, 0.1) is 11.8 Å². The van der Waals surface area contributed by atoms with E-state index in [1.807, 2.05) is 0 Å². The SMILES string of the molecule is O=C(O)c1ccc(CN2C(=O)C3CCC(C3)C2=O)o1. The lowest BCUT2D eigenvalue weighted by Gasteiger charge is -2.28. The van der Waals surface area contributed by atoms with Gasteiger partial charge < -0.3 is 9.52 Å². The predicted octanol–water partition coefficient (Wildman–Crippen LogP) is 1.26. The quantitative estimate of drug-likeness (QED) is 0.829. The zero-order valence-electron chi connectivity index (χ0n) is 10.2. The Morgan fingerprint density at radius 1 is 1.26 bits per heavy atom. The van der Waals surface area contributed by atoms with E-state index in [9.17, 15) is 14.4 Å². The average Bonchev–Trinajstić information content (AvgIpc) is 3.00. The van der Waals surface area contributed by atoms with Crippen molar-refractivity contribution in [2.45, 2.75) is 25.8 Å². The van der Waals surface area contributed by atoms with Crippen LogP contribution in [0.25, 0.3) is 0 Å². The molecule has 0 radical (unpaired) electrons. The van der Waals surface area contributed by atoms with Crippen LogP contribution in [0.5, 0.6) is 0 Å². The van der Waals surface area contributed by atoms with Crippen molar-refractivity contribution in [2.24, 2.45) is 11.8 Å². The summed E-state index contributed by atoms with van der Waals surface area (Å²) < 4.78 is 5.09. The van der Waals surface area contributed by atoms with Crippen molar-refractivity contribution >= 4 is 17.8 Å². The fourth-order valence-corrected chi connectivity index (χ4v) is 2.87. The summed E-state index contributed by atoms with van der Waals surface area (Å²) >= 11 is 0. The molecule has 2 heterocycles. The van der Waals surface area contributed by atoms with Gasteiger partial charge in [0.1, 0.15) is 5.76 Å². The third-order valence-corrected chi connectivity index (χ3v) is 3.85. The zero-order valence-corrected chi connectivity index (χ0v) is 10.2. The highest BCUT2D eigenvalue weighted by molar-refractivity contribution is 6.00. The van der Waals surface area contributed by atoms with Crippen LogP contribution in [-0.2, 0) is 16.1 Å². The first-order valence-corrected chi connectivity index (χ1v) is 6.23. The van der Waals surface area contributed by atoms with Crippen molar-refractivity contribution in [3.63, 3.8) is 0 Å². The summed E-state index contributed by atoms with van der Waals surface area (Å²) in [5, 5.41) is 8.76. The summed E-state index contributed by atoms with van der Waals surface area (Å²) in [4.78, 5) is 36.1. The molecule has 2 aliphatic rings. The molecular formula is C13H13NO5. The highest BCUT2D eigenvalue weighted by Crippen LogP contribution is 2.38. The van der Waals surface area contributed by atoms with Crippen molar-refractivity contribution in [3.05, 3.63) is 23.7 Å². The second kappa shape index (κ2) is 4.22. The molecule has 3 rings (SSSR count). The largest absolute Gasteiger partial charge is 0.475 e. The van der Waals surface area contributed by atoms with E-state index < -0.39 is 5.97 Å². The molecule has 0 aromatic carbocycles. The normalized spacial score (nSPS) is 26.0. The van der Waals surface area contributed by atoms with Gasteiger partial charge in [0.25, 0.3) is 0 Å². The van der Waals surface area contributed by atoms with Crippen molar-refractivity contribution < 1.29 is 23.9 Å². The Bertz CT molecular complexity index is 539. The minimum absolute atomic E-state index is 0.0257. The maximum absolute atomic E-state index is 12.1. The molecule has 1 aliphatic heterocycles. The van der Waals surface area contributed by atoms with Crippen molar-refractivity contribution in [1.29, 1.82) is 0 Å². The number of carboxylic acids is 1. The fourth-order valence-electron chi connectivity index (χ4n) is 2.87. The second-order valence-corrected chi connectivity index (χ2v) is 5.04. The average molecular weight is 263 g/mol. The van der Waals surface area contributed by atoms with E-state index in [4.69, 9.17) is 9.52 Å². The highest BCUT2D eigenvalue weighted by Gasteiger charge is 2.45. The number of nitrogens with zero attached hydrogens (tertiary/aromatic N) is 1. The van der Waals surface area contributed by atoms with Gasteiger partial charge in [0.05, 0.1) is 6.54 Å². The lowest BCUT2D eigenvalue weighted by Crippen LogP contribution is -2.45. The summed E-state index contributed by atoms with van der Waals surface area (Å²) in [5.74, 6) is -1.47. The van der Waals surface area contributed by atoms with E-state index in [0.29, 0.717) is 12.2 Å². The summed E-state index contributed by atoms with van der Waals surface area (Å²) in [6.07, 6.45) is 2.20. The lowest BCUT2D eigenvalue weighted by atomic mass is 9.97. The number of aromatic carboxylic acids is 1. The molecule has 1 saturated carbocycles. The topological polar surface area (TPSA) is 87.8 Å². The van der Waals surface area contributed by atoms with Crippen molar-refractivity contribution in [2.75, 3.05) is 0 Å². The molecule has 100 valence electrons. The number of carbonyl (C=O) groups excluding carboxylic acids is 2. The Kier molecular flexibility index (Phi) is 2.66. The summed E-state index contributed by atoms with van der Waals surface area (Å²) in [5.41, 5.74) is 0. The molecule has 19 heavy (non-hydrogen) atoms. The number of piperidine rings is 1. The fraction of sp³-hybridized carbons (Fsp3) is 0.462. The van der Waals surface area contributed by atoms with Crippen LogP contribution in [0.2, 0.25) is 0 Å². The van der Waals surface area contributed by atoms with Gasteiger partial charge >= 0.3 is 5.97 Å². The van der Waals surface area contributed by atoms with E-state index >= 15 is 0 Å². The first-order chi connectivity index (χ1) is 9.06. The van der Waals surface area contributed by atoms with Crippen LogP contribution in [0.3, 0.4) is 0 Å². The minimum atomic E-state index is -1.16. The number of rotatable bonds is 3. The Hall–Kier alpha value is -2.11. The number of carbonyl (C=O) groups is 3. The van der Waals surface area contributed by atoms with E-state index in [1.54, 1.807) is 0 Å². The van der Waals surface area contributed by atoms with Crippen LogP contribution in [0.4, 0.5) is 0 Å². The Labute approximate surface area is 109 Å². The van der Waals surface area contributed by atoms with Gasteiger partial charge in [0.2, 0.25) is 17.6 Å². The third kappa shape index (κ3) is 1.93. The molecule has 2 unspecified atom stereocenters. The molecule has 1 N–H and O–H groups in total. The van der Waals surface area contributed by atoms with Crippen LogP contribution >= 0.6 is 0 Å². The van der Waals surface area contributed by atoms with Crippen LogP contribution < -0.4 is 0 Å². The van der Waals surface area contributed by atoms with Gasteiger partial charge in [0, 0.05) is 11.8 Å². The van der Waals surface area contributed by atoms with E-state index in [0.717, 1.165) is 12.8 Å². The first-order valence-electron chi connectivity index (χ1n) is 6.23. The molecule has 2 atom stereocenters. The number of hydrogen-bond acceptors (Lipinski definition) is 4. The number of furan rings is 1. The smallest absolute Gasteiger partial charge is 0.371 e. The number of likely N-dealkylation sites (tertiary alicyclic amines) is 1. The number of imide groups is 1. The maximum Gasteiger partial charge on any atom is 0.371 e. The zero-order chi connectivity index (χ0) is 13.6. The molecule has 1 aliphatic carbocycles. The Morgan fingerprint density at radius 3 is 2.42 bits per heavy atom. The second-order valence-electron chi connectivity index (χ2n) is 5.04. The number of hydrogen-bond donors (Lipinski definition) is 1. The summed E-state index contributed by atoms with van der Waals surface area (Å²) in [6, 6.07) is 2.81. The minimum Gasteiger partial charge on any atom is -0.475 e. The lowest BCUT2D eigenvalue weighted by molar-refractivity contribution is -0.153. The molecule has 6 heteroatoms. The number of amides is 2. The monoisotopic (exact) mass is 263 g/mol. The standard InChI is InChI=1S/C13H13NO5/c15-11-7-1-2-8(5-7)12(16)14(11)6-9-3-4-10(19-9)13(17)18/h3-4,7-8H,1-2,5-6H2,(H,17,18). The molecule has 2 fully saturated rings. The van der Waals surface area contributed by atoms with E-state index in [-0.39, 0.29) is 36.0 Å². The van der Waals surface area contributed by atoms with Crippen LogP contribution in [0.15, 0.2) is 16.5 Å². The van der Waals surface area contributed by atoms with Crippen molar-refractivity contribution in [3.8, 4) is 0 Å². The van der Waals surface area contributed by atoms with Gasteiger partial charge in [0.15, 0.2) is 0 Å².